The average Bonchev–Trinajstić information content (AvgIpc) is 2.40. The van der Waals surface area contributed by atoms with Gasteiger partial charge in [0.1, 0.15) is 5.57 Å². The molecule has 1 aromatic rings. The molecular formula is C13H15BrN2O4S. The van der Waals surface area contributed by atoms with Crippen molar-refractivity contribution in [3.63, 3.8) is 0 Å². The number of rotatable bonds is 4. The summed E-state index contributed by atoms with van der Waals surface area (Å²) in [4.78, 5) is 15.8. The van der Waals surface area contributed by atoms with Crippen molar-refractivity contribution < 1.29 is 17.9 Å². The van der Waals surface area contributed by atoms with Crippen molar-refractivity contribution >= 4 is 42.5 Å². The van der Waals surface area contributed by atoms with Crippen molar-refractivity contribution in [1.29, 1.82) is 0 Å². The Balaban J connectivity index is 3.36. The third-order valence-corrected chi connectivity index (χ3v) is 3.84. The molecule has 0 heterocycles. The summed E-state index contributed by atoms with van der Waals surface area (Å²) >= 11 is 3.27. The summed E-state index contributed by atoms with van der Waals surface area (Å²) in [6, 6.07) is 6.62. The molecule has 6 nitrogen and oxygen atoms in total. The van der Waals surface area contributed by atoms with Crippen LogP contribution < -0.4 is 5.73 Å². The lowest BCUT2D eigenvalue weighted by Gasteiger charge is -2.08. The molecule has 0 aliphatic carbocycles. The highest BCUT2D eigenvalue weighted by Gasteiger charge is 2.25. The molecule has 0 spiro atoms. The third-order valence-electron chi connectivity index (χ3n) is 2.30. The largest absolute Gasteiger partial charge is 0.462 e. The first-order chi connectivity index (χ1) is 9.79. The highest BCUT2D eigenvalue weighted by atomic mass is 79.9. The van der Waals surface area contributed by atoms with Crippen molar-refractivity contribution in [3.8, 4) is 0 Å². The van der Waals surface area contributed by atoms with Gasteiger partial charge in [-0.3, -0.25) is 0 Å². The van der Waals surface area contributed by atoms with E-state index < -0.39 is 20.9 Å². The van der Waals surface area contributed by atoms with Crippen molar-refractivity contribution in [3.05, 3.63) is 40.5 Å². The first-order valence-electron chi connectivity index (χ1n) is 5.93. The van der Waals surface area contributed by atoms with E-state index in [0.29, 0.717) is 5.69 Å². The average molecular weight is 375 g/mol. The summed E-state index contributed by atoms with van der Waals surface area (Å²) in [5.74, 6) is -0.832. The monoisotopic (exact) mass is 374 g/mol. The number of aliphatic imine (C=N–C) groups is 1. The molecule has 0 bridgehead atoms. The second-order valence-corrected chi connectivity index (χ2v) is 6.81. The summed E-state index contributed by atoms with van der Waals surface area (Å²) in [6.45, 7) is 1.71. The fourth-order valence-corrected chi connectivity index (χ4v) is 2.50. The van der Waals surface area contributed by atoms with E-state index >= 15 is 0 Å². The van der Waals surface area contributed by atoms with Gasteiger partial charge in [-0.25, -0.2) is 18.2 Å². The van der Waals surface area contributed by atoms with E-state index in [2.05, 4.69) is 20.9 Å². The normalized spacial score (nSPS) is 13.1. The summed E-state index contributed by atoms with van der Waals surface area (Å²) in [7, 11) is -3.76. The van der Waals surface area contributed by atoms with Crippen molar-refractivity contribution in [2.24, 2.45) is 10.7 Å². The van der Waals surface area contributed by atoms with Gasteiger partial charge in [0.15, 0.2) is 14.9 Å². The van der Waals surface area contributed by atoms with Gasteiger partial charge in [0.2, 0.25) is 0 Å². The summed E-state index contributed by atoms with van der Waals surface area (Å²) in [5, 5.41) is -0.425. The van der Waals surface area contributed by atoms with Crippen molar-refractivity contribution in [1.82, 2.24) is 0 Å². The maximum atomic E-state index is 11.9. The molecule has 0 radical (unpaired) electrons. The first kappa shape index (κ1) is 17.4. The van der Waals surface area contributed by atoms with Crippen LogP contribution in [0.2, 0.25) is 0 Å². The molecule has 2 N–H and O–H groups in total. The molecule has 1 rings (SSSR count). The minimum absolute atomic E-state index is 0.103. The molecule has 0 unspecified atom stereocenters. The molecule has 0 saturated heterocycles. The Morgan fingerprint density at radius 1 is 1.38 bits per heavy atom. The number of nitrogens with zero attached hydrogens (tertiary/aromatic N) is 1. The molecule has 0 fully saturated rings. The number of hydrogen-bond acceptors (Lipinski definition) is 6. The predicted octanol–water partition coefficient (Wildman–Crippen LogP) is 1.93. The van der Waals surface area contributed by atoms with Crippen LogP contribution in [0, 0.1) is 0 Å². The molecule has 0 aromatic heterocycles. The Kier molecular flexibility index (Phi) is 6.10. The predicted molar refractivity (Wildman–Crippen MR) is 85.0 cm³/mol. The van der Waals surface area contributed by atoms with Gasteiger partial charge in [0, 0.05) is 16.9 Å². The van der Waals surface area contributed by atoms with Crippen LogP contribution in [0.25, 0.3) is 0 Å². The molecule has 0 atom stereocenters. The zero-order valence-corrected chi connectivity index (χ0v) is 13.9. The fraction of sp³-hybridized carbons (Fsp3) is 0.231. The molecule has 0 aliphatic heterocycles. The molecule has 0 amide bonds. The minimum Gasteiger partial charge on any atom is -0.462 e. The van der Waals surface area contributed by atoms with Crippen molar-refractivity contribution in [2.45, 2.75) is 6.92 Å². The highest BCUT2D eigenvalue weighted by molar-refractivity contribution is 9.10. The zero-order chi connectivity index (χ0) is 16.0. The van der Waals surface area contributed by atoms with Crippen LogP contribution in [0.3, 0.4) is 0 Å². The van der Waals surface area contributed by atoms with Crippen LogP contribution in [0.1, 0.15) is 6.92 Å². The van der Waals surface area contributed by atoms with Crippen LogP contribution in [-0.4, -0.2) is 32.3 Å². The maximum absolute atomic E-state index is 11.9. The van der Waals surface area contributed by atoms with E-state index in [1.165, 1.54) is 0 Å². The standard InChI is InChI=1S/C13H15BrN2O4S/c1-3-20-13(17)11(8-15)12(21(2,18)19)16-10-6-4-9(14)5-7-10/h4-8H,3,15H2,1-2H3. The van der Waals surface area contributed by atoms with Gasteiger partial charge in [-0.2, -0.15) is 0 Å². The Morgan fingerprint density at radius 3 is 2.38 bits per heavy atom. The van der Waals surface area contributed by atoms with Gasteiger partial charge in [-0.1, -0.05) is 15.9 Å². The smallest absolute Gasteiger partial charge is 0.342 e. The van der Waals surface area contributed by atoms with Gasteiger partial charge < -0.3 is 10.5 Å². The van der Waals surface area contributed by atoms with E-state index in [1.54, 1.807) is 31.2 Å². The topological polar surface area (TPSA) is 98.8 Å². The fourth-order valence-electron chi connectivity index (χ4n) is 1.41. The second kappa shape index (κ2) is 7.37. The van der Waals surface area contributed by atoms with Crippen LogP contribution in [-0.2, 0) is 19.4 Å². The number of ether oxygens (including phenoxy) is 1. The van der Waals surface area contributed by atoms with Crippen LogP contribution in [0.15, 0.2) is 45.5 Å². The summed E-state index contributed by atoms with van der Waals surface area (Å²) < 4.78 is 29.3. The van der Waals surface area contributed by atoms with E-state index in [0.717, 1.165) is 16.9 Å². The lowest BCUT2D eigenvalue weighted by Crippen LogP contribution is -2.24. The van der Waals surface area contributed by atoms with E-state index in [1.807, 2.05) is 0 Å². The number of benzene rings is 1. The number of halogens is 1. The first-order valence-corrected chi connectivity index (χ1v) is 8.61. The molecule has 8 heteroatoms. The minimum atomic E-state index is -3.76. The molecule has 21 heavy (non-hydrogen) atoms. The Hall–Kier alpha value is -1.67. The molecule has 0 aliphatic rings. The lowest BCUT2D eigenvalue weighted by molar-refractivity contribution is -0.137. The quantitative estimate of drug-likeness (QED) is 0.375. The molecule has 114 valence electrons. The zero-order valence-electron chi connectivity index (χ0n) is 11.5. The Labute approximate surface area is 131 Å². The maximum Gasteiger partial charge on any atom is 0.342 e. The number of hydrogen-bond donors (Lipinski definition) is 1. The van der Waals surface area contributed by atoms with Crippen molar-refractivity contribution in [2.75, 3.05) is 12.9 Å². The Morgan fingerprint density at radius 2 is 1.95 bits per heavy atom. The number of nitrogens with two attached hydrogens (primary N) is 1. The number of carbonyl (C=O) groups excluding carboxylic acids is 1. The van der Waals surface area contributed by atoms with Gasteiger partial charge in [0.05, 0.1) is 12.3 Å². The van der Waals surface area contributed by atoms with E-state index in [9.17, 15) is 13.2 Å². The summed E-state index contributed by atoms with van der Waals surface area (Å²) in [6.07, 6.45) is 1.84. The second-order valence-electron chi connectivity index (χ2n) is 3.97. The van der Waals surface area contributed by atoms with Gasteiger partial charge >= 0.3 is 5.97 Å². The van der Waals surface area contributed by atoms with Crippen LogP contribution in [0.4, 0.5) is 5.69 Å². The Bertz CT molecular complexity index is 679. The van der Waals surface area contributed by atoms with Gasteiger partial charge in [-0.15, -0.1) is 0 Å². The number of esters is 1. The SMILES string of the molecule is CCOC(=O)C(=CN)C(=Nc1ccc(Br)cc1)S(C)(=O)=O. The van der Waals surface area contributed by atoms with Gasteiger partial charge in [-0.05, 0) is 31.2 Å². The van der Waals surface area contributed by atoms with Crippen LogP contribution >= 0.6 is 15.9 Å². The van der Waals surface area contributed by atoms with Crippen LogP contribution in [0.5, 0.6) is 0 Å². The number of sulfone groups is 1. The summed E-state index contributed by atoms with van der Waals surface area (Å²) in [5.41, 5.74) is 5.45. The molecule has 1 aromatic carbocycles. The van der Waals surface area contributed by atoms with Gasteiger partial charge in [0.25, 0.3) is 0 Å². The third kappa shape index (κ3) is 4.98. The lowest BCUT2D eigenvalue weighted by atomic mass is 10.3. The van der Waals surface area contributed by atoms with E-state index in [4.69, 9.17) is 10.5 Å². The highest BCUT2D eigenvalue weighted by Crippen LogP contribution is 2.19. The molecule has 0 saturated carbocycles. The molecular weight excluding hydrogens is 360 g/mol. The van der Waals surface area contributed by atoms with E-state index in [-0.39, 0.29) is 12.2 Å². The number of carbonyl (C=O) groups is 1.